The molecule has 0 spiro atoms. The molecule has 128 valence electrons. The van der Waals surface area contributed by atoms with Crippen LogP contribution in [0.1, 0.15) is 6.23 Å². The van der Waals surface area contributed by atoms with Crippen molar-refractivity contribution in [3.63, 3.8) is 0 Å². The maximum absolute atomic E-state index is 13.5. The lowest BCUT2D eigenvalue weighted by molar-refractivity contribution is -0.210. The molecule has 1 aliphatic rings. The average molecular weight is 343 g/mol. The molecule has 3 rings (SSSR count). The summed E-state index contributed by atoms with van der Waals surface area (Å²) in [7, 11) is 0. The van der Waals surface area contributed by atoms with Gasteiger partial charge in [-0.05, 0) is 0 Å². The molecule has 0 radical (unpaired) electrons. The van der Waals surface area contributed by atoms with Gasteiger partial charge in [0.1, 0.15) is 23.3 Å². The number of aliphatic hydroxyl groups excluding tert-OH is 2. The van der Waals surface area contributed by atoms with Gasteiger partial charge in [0.15, 0.2) is 17.5 Å². The molecular formula is C14H12F3N3O4. The van der Waals surface area contributed by atoms with E-state index in [1.165, 1.54) is 12.3 Å². The Bertz CT molecular complexity index is 816. The highest BCUT2D eigenvalue weighted by Gasteiger charge is 2.64. The number of fused-ring (bicyclic) bond motifs is 1. The number of imidazole rings is 1. The SMILES string of the molecule is C#C[C@]1(CO)O[C@@H](n2cnc3c(O)ccnc32)[C@@H](C(F)(F)F)[C@@H]1O. The van der Waals surface area contributed by atoms with Crippen molar-refractivity contribution in [1.29, 1.82) is 0 Å². The largest absolute Gasteiger partial charge is 0.505 e. The minimum Gasteiger partial charge on any atom is -0.505 e. The van der Waals surface area contributed by atoms with E-state index in [4.69, 9.17) is 11.2 Å². The van der Waals surface area contributed by atoms with E-state index in [2.05, 4.69) is 9.97 Å². The summed E-state index contributed by atoms with van der Waals surface area (Å²) in [5, 5.41) is 29.1. The Balaban J connectivity index is 2.17. The van der Waals surface area contributed by atoms with Crippen molar-refractivity contribution < 1.29 is 33.2 Å². The highest BCUT2D eigenvalue weighted by Crippen LogP contribution is 2.49. The number of hydrogen-bond acceptors (Lipinski definition) is 6. The van der Waals surface area contributed by atoms with Gasteiger partial charge in [-0.15, -0.1) is 6.42 Å². The molecule has 3 heterocycles. The molecule has 1 fully saturated rings. The summed E-state index contributed by atoms with van der Waals surface area (Å²) in [5.41, 5.74) is -2.32. The van der Waals surface area contributed by atoms with Gasteiger partial charge in [0.25, 0.3) is 0 Å². The summed E-state index contributed by atoms with van der Waals surface area (Å²) in [6.07, 6.45) is -1.49. The lowest BCUT2D eigenvalue weighted by Crippen LogP contribution is -2.46. The Kier molecular flexibility index (Phi) is 3.67. The van der Waals surface area contributed by atoms with Gasteiger partial charge < -0.3 is 20.1 Å². The molecule has 1 aliphatic heterocycles. The molecule has 4 atom stereocenters. The molecule has 7 nitrogen and oxygen atoms in total. The van der Waals surface area contributed by atoms with E-state index in [0.29, 0.717) is 0 Å². The number of nitrogens with zero attached hydrogens (tertiary/aromatic N) is 3. The maximum atomic E-state index is 13.5. The van der Waals surface area contributed by atoms with Crippen molar-refractivity contribution in [2.24, 2.45) is 5.92 Å². The van der Waals surface area contributed by atoms with Crippen LogP contribution >= 0.6 is 0 Å². The van der Waals surface area contributed by atoms with Crippen molar-refractivity contribution in [2.75, 3.05) is 6.61 Å². The van der Waals surface area contributed by atoms with E-state index in [9.17, 15) is 28.5 Å². The van der Waals surface area contributed by atoms with Gasteiger partial charge >= 0.3 is 6.18 Å². The first-order chi connectivity index (χ1) is 11.2. The third-order valence-electron chi connectivity index (χ3n) is 4.03. The zero-order valence-corrected chi connectivity index (χ0v) is 12.0. The Labute approximate surface area is 133 Å². The second-order valence-corrected chi connectivity index (χ2v) is 5.37. The third kappa shape index (κ3) is 2.21. The van der Waals surface area contributed by atoms with E-state index < -0.39 is 36.6 Å². The molecule has 10 heteroatoms. The Morgan fingerprint density at radius 1 is 1.42 bits per heavy atom. The lowest BCUT2D eigenvalue weighted by Gasteiger charge is -2.25. The van der Waals surface area contributed by atoms with Crippen LogP contribution in [-0.2, 0) is 4.74 Å². The van der Waals surface area contributed by atoms with E-state index >= 15 is 0 Å². The zero-order valence-electron chi connectivity index (χ0n) is 12.0. The summed E-state index contributed by atoms with van der Waals surface area (Å²) in [6.45, 7) is -1.00. The molecule has 24 heavy (non-hydrogen) atoms. The Morgan fingerprint density at radius 3 is 2.71 bits per heavy atom. The second kappa shape index (κ2) is 5.34. The van der Waals surface area contributed by atoms with Crippen LogP contribution in [0.4, 0.5) is 13.2 Å². The lowest BCUT2D eigenvalue weighted by atomic mass is 9.90. The summed E-state index contributed by atoms with van der Waals surface area (Å²) in [4.78, 5) is 7.70. The smallest absolute Gasteiger partial charge is 0.398 e. The summed E-state index contributed by atoms with van der Waals surface area (Å²) < 4.78 is 46.5. The summed E-state index contributed by atoms with van der Waals surface area (Å²) in [6, 6.07) is 1.23. The number of terminal acetylenes is 1. The first-order valence-corrected chi connectivity index (χ1v) is 6.77. The maximum Gasteiger partial charge on any atom is 0.398 e. The average Bonchev–Trinajstić information content (AvgIpc) is 3.07. The van der Waals surface area contributed by atoms with Crippen molar-refractivity contribution >= 4 is 11.2 Å². The number of hydrogen-bond donors (Lipinski definition) is 3. The number of aromatic hydroxyl groups is 1. The van der Waals surface area contributed by atoms with Gasteiger partial charge in [-0.1, -0.05) is 5.92 Å². The Hall–Kier alpha value is -2.35. The first kappa shape index (κ1) is 16.5. The molecular weight excluding hydrogens is 331 g/mol. The Morgan fingerprint density at radius 2 is 2.12 bits per heavy atom. The summed E-state index contributed by atoms with van der Waals surface area (Å²) >= 11 is 0. The molecule has 0 unspecified atom stereocenters. The third-order valence-corrected chi connectivity index (χ3v) is 4.03. The van der Waals surface area contributed by atoms with Crippen LogP contribution < -0.4 is 0 Å². The fourth-order valence-electron chi connectivity index (χ4n) is 2.78. The van der Waals surface area contributed by atoms with Crippen LogP contribution in [0.15, 0.2) is 18.6 Å². The number of ether oxygens (including phenoxy) is 1. The van der Waals surface area contributed by atoms with Crippen molar-refractivity contribution in [2.45, 2.75) is 24.1 Å². The molecule has 0 bridgehead atoms. The first-order valence-electron chi connectivity index (χ1n) is 6.77. The predicted octanol–water partition coefficient (Wildman–Crippen LogP) is 0.569. The van der Waals surface area contributed by atoms with Crippen LogP contribution in [-0.4, -0.2) is 54.3 Å². The molecule has 2 aromatic heterocycles. The van der Waals surface area contributed by atoms with Gasteiger partial charge in [0.05, 0.1) is 12.9 Å². The van der Waals surface area contributed by atoms with Crippen LogP contribution in [0.5, 0.6) is 5.75 Å². The van der Waals surface area contributed by atoms with Gasteiger partial charge in [-0.2, -0.15) is 13.2 Å². The standard InChI is InChI=1S/C14H12F3N3O4/c1-2-13(5-21)10(23)8(14(15,16)17)12(24-13)20-6-19-9-7(22)3-4-18-11(9)20/h1,3-4,6,8,10,12,21,23H,5H2,(H,18,22)/t8-,10-,12+,13+/m0/s1. The number of aromatic nitrogens is 3. The topological polar surface area (TPSA) is 101 Å². The zero-order chi connectivity index (χ0) is 17.7. The molecule has 0 aliphatic carbocycles. The molecule has 2 aromatic rings. The molecule has 1 saturated heterocycles. The second-order valence-electron chi connectivity index (χ2n) is 5.37. The molecule has 0 saturated carbocycles. The number of alkyl halides is 3. The van der Waals surface area contributed by atoms with Gasteiger partial charge in [-0.25, -0.2) is 9.97 Å². The summed E-state index contributed by atoms with van der Waals surface area (Å²) in [5.74, 6) is -0.782. The van der Waals surface area contributed by atoms with Gasteiger partial charge in [0.2, 0.25) is 0 Å². The number of aliphatic hydroxyl groups is 2. The highest BCUT2D eigenvalue weighted by molar-refractivity contribution is 5.77. The molecule has 0 aromatic carbocycles. The van der Waals surface area contributed by atoms with E-state index in [1.807, 2.05) is 5.92 Å². The monoisotopic (exact) mass is 343 g/mol. The molecule has 0 amide bonds. The van der Waals surface area contributed by atoms with E-state index in [0.717, 1.165) is 10.9 Å². The van der Waals surface area contributed by atoms with Gasteiger partial charge in [0, 0.05) is 12.3 Å². The van der Waals surface area contributed by atoms with Crippen molar-refractivity contribution in [3.8, 4) is 18.1 Å². The number of pyridine rings is 1. The van der Waals surface area contributed by atoms with Crippen molar-refractivity contribution in [3.05, 3.63) is 18.6 Å². The van der Waals surface area contributed by atoms with Crippen LogP contribution in [0.25, 0.3) is 11.2 Å². The fraction of sp³-hybridized carbons (Fsp3) is 0.429. The fourth-order valence-corrected chi connectivity index (χ4v) is 2.78. The number of halogens is 3. The minimum absolute atomic E-state index is 0.0290. The minimum atomic E-state index is -4.87. The number of rotatable bonds is 2. The highest BCUT2D eigenvalue weighted by atomic mass is 19.4. The normalized spacial score (nSPS) is 30.6. The predicted molar refractivity (Wildman–Crippen MR) is 73.5 cm³/mol. The quantitative estimate of drug-likeness (QED) is 0.690. The molecule has 3 N–H and O–H groups in total. The van der Waals surface area contributed by atoms with Crippen molar-refractivity contribution in [1.82, 2.24) is 14.5 Å². The van der Waals surface area contributed by atoms with Crippen LogP contribution in [0.3, 0.4) is 0 Å². The van der Waals surface area contributed by atoms with Gasteiger partial charge in [-0.3, -0.25) is 4.57 Å². The van der Waals surface area contributed by atoms with Crippen LogP contribution in [0.2, 0.25) is 0 Å². The van der Waals surface area contributed by atoms with E-state index in [-0.39, 0.29) is 16.9 Å². The van der Waals surface area contributed by atoms with Crippen LogP contribution in [0, 0.1) is 18.3 Å². The van der Waals surface area contributed by atoms with E-state index in [1.54, 1.807) is 0 Å².